The van der Waals surface area contributed by atoms with Crippen LogP contribution in [0.4, 0.5) is 14.9 Å². The SMILES string of the molecule is CCC1SCC(C(=O)O)N1C(=O)Nc1ccc(F)cc1Cl. The van der Waals surface area contributed by atoms with E-state index >= 15 is 0 Å². The number of hydrogen-bond donors (Lipinski definition) is 2. The third-order valence-corrected chi connectivity index (χ3v) is 4.90. The fraction of sp³-hybridized carbons (Fsp3) is 0.385. The molecule has 1 aromatic rings. The summed E-state index contributed by atoms with van der Waals surface area (Å²) in [5.41, 5.74) is 0.249. The van der Waals surface area contributed by atoms with Crippen molar-refractivity contribution in [1.82, 2.24) is 4.90 Å². The molecule has 0 radical (unpaired) electrons. The van der Waals surface area contributed by atoms with E-state index in [0.717, 1.165) is 6.07 Å². The summed E-state index contributed by atoms with van der Waals surface area (Å²) in [4.78, 5) is 24.9. The van der Waals surface area contributed by atoms with Gasteiger partial charge in [-0.15, -0.1) is 11.8 Å². The van der Waals surface area contributed by atoms with Crippen molar-refractivity contribution in [2.45, 2.75) is 24.8 Å². The Labute approximate surface area is 130 Å². The van der Waals surface area contributed by atoms with Crippen molar-refractivity contribution >= 4 is 41.1 Å². The number of halogens is 2. The zero-order chi connectivity index (χ0) is 15.6. The Bertz CT molecular complexity index is 572. The fourth-order valence-electron chi connectivity index (χ4n) is 2.11. The first-order valence-electron chi connectivity index (χ1n) is 6.32. The van der Waals surface area contributed by atoms with E-state index in [1.165, 1.54) is 28.8 Å². The van der Waals surface area contributed by atoms with Crippen molar-refractivity contribution in [3.8, 4) is 0 Å². The van der Waals surface area contributed by atoms with Crippen LogP contribution in [0.2, 0.25) is 5.02 Å². The highest BCUT2D eigenvalue weighted by Gasteiger charge is 2.40. The number of rotatable bonds is 3. The predicted molar refractivity (Wildman–Crippen MR) is 80.2 cm³/mol. The van der Waals surface area contributed by atoms with Gasteiger partial charge in [-0.3, -0.25) is 4.90 Å². The smallest absolute Gasteiger partial charge is 0.327 e. The van der Waals surface area contributed by atoms with E-state index in [2.05, 4.69) is 5.32 Å². The topological polar surface area (TPSA) is 69.6 Å². The molecule has 21 heavy (non-hydrogen) atoms. The van der Waals surface area contributed by atoms with Crippen molar-refractivity contribution < 1.29 is 19.1 Å². The molecule has 1 aliphatic heterocycles. The summed E-state index contributed by atoms with van der Waals surface area (Å²) >= 11 is 7.28. The van der Waals surface area contributed by atoms with Crippen molar-refractivity contribution in [2.24, 2.45) is 0 Å². The molecule has 2 unspecified atom stereocenters. The van der Waals surface area contributed by atoms with Crippen molar-refractivity contribution in [3.05, 3.63) is 29.0 Å². The number of anilines is 1. The third-order valence-electron chi connectivity index (χ3n) is 3.13. The summed E-state index contributed by atoms with van der Waals surface area (Å²) in [6, 6.07) is 2.18. The number of carboxylic acid groups (broad SMARTS) is 1. The number of amides is 2. The van der Waals surface area contributed by atoms with E-state index in [9.17, 15) is 19.1 Å². The molecule has 2 amide bonds. The standard InChI is InChI=1S/C13H14ClFN2O3S/c1-2-11-17(10(6-21-11)12(18)19)13(20)16-9-4-3-7(15)5-8(9)14/h3-5,10-11H,2,6H2,1H3,(H,16,20)(H,18,19). The molecular formula is C13H14ClFN2O3S. The molecule has 8 heteroatoms. The summed E-state index contributed by atoms with van der Waals surface area (Å²) in [6.07, 6.45) is 0.638. The number of nitrogens with one attached hydrogen (secondary N) is 1. The first-order valence-corrected chi connectivity index (χ1v) is 7.75. The van der Waals surface area contributed by atoms with Gasteiger partial charge in [-0.05, 0) is 24.6 Å². The third kappa shape index (κ3) is 3.41. The van der Waals surface area contributed by atoms with Crippen LogP contribution in [0.3, 0.4) is 0 Å². The second kappa shape index (κ2) is 6.53. The normalized spacial score (nSPS) is 21.4. The van der Waals surface area contributed by atoms with Crippen LogP contribution in [0, 0.1) is 5.82 Å². The van der Waals surface area contributed by atoms with E-state index in [1.807, 2.05) is 6.92 Å². The average Bonchev–Trinajstić information content (AvgIpc) is 2.86. The quantitative estimate of drug-likeness (QED) is 0.891. The molecule has 0 aromatic heterocycles. The van der Waals surface area contributed by atoms with Gasteiger partial charge in [0.25, 0.3) is 0 Å². The van der Waals surface area contributed by atoms with Crippen molar-refractivity contribution in [2.75, 3.05) is 11.1 Å². The number of nitrogens with zero attached hydrogens (tertiary/aromatic N) is 1. The largest absolute Gasteiger partial charge is 0.480 e. The molecule has 2 atom stereocenters. The Morgan fingerprint density at radius 2 is 2.29 bits per heavy atom. The number of aliphatic carboxylic acids is 1. The molecule has 1 aliphatic rings. The minimum Gasteiger partial charge on any atom is -0.480 e. The van der Waals surface area contributed by atoms with Gasteiger partial charge in [0.2, 0.25) is 0 Å². The summed E-state index contributed by atoms with van der Waals surface area (Å²) in [6.45, 7) is 1.88. The van der Waals surface area contributed by atoms with Gasteiger partial charge in [0.15, 0.2) is 0 Å². The predicted octanol–water partition coefficient (Wildman–Crippen LogP) is 3.25. The molecule has 114 valence electrons. The van der Waals surface area contributed by atoms with Crippen LogP contribution in [0.5, 0.6) is 0 Å². The van der Waals surface area contributed by atoms with Gasteiger partial charge < -0.3 is 10.4 Å². The highest BCUT2D eigenvalue weighted by molar-refractivity contribution is 8.00. The Kier molecular flexibility index (Phi) is 4.95. The lowest BCUT2D eigenvalue weighted by atomic mass is 10.2. The van der Waals surface area contributed by atoms with Crippen LogP contribution < -0.4 is 5.32 Å². The molecule has 1 fully saturated rings. The number of carboxylic acids is 1. The number of thioether (sulfide) groups is 1. The summed E-state index contributed by atoms with van der Waals surface area (Å²) in [5, 5.41) is 11.6. The van der Waals surface area contributed by atoms with E-state index in [0.29, 0.717) is 12.2 Å². The second-order valence-corrected chi connectivity index (χ2v) is 6.13. The molecule has 1 saturated heterocycles. The Balaban J connectivity index is 2.18. The first kappa shape index (κ1) is 15.9. The maximum Gasteiger partial charge on any atom is 0.327 e. The first-order chi connectivity index (χ1) is 9.93. The molecular weight excluding hydrogens is 319 g/mol. The van der Waals surface area contributed by atoms with Gasteiger partial charge in [-0.1, -0.05) is 18.5 Å². The minimum atomic E-state index is -1.04. The minimum absolute atomic E-state index is 0.0649. The molecule has 0 bridgehead atoms. The van der Waals surface area contributed by atoms with Gasteiger partial charge in [0.05, 0.1) is 16.1 Å². The van der Waals surface area contributed by atoms with E-state index in [1.54, 1.807) is 0 Å². The van der Waals surface area contributed by atoms with Crippen molar-refractivity contribution in [3.63, 3.8) is 0 Å². The van der Waals surface area contributed by atoms with Crippen molar-refractivity contribution in [1.29, 1.82) is 0 Å². The molecule has 0 saturated carbocycles. The van der Waals surface area contributed by atoms with Gasteiger partial charge >= 0.3 is 12.0 Å². The van der Waals surface area contributed by atoms with Gasteiger partial charge in [0.1, 0.15) is 11.9 Å². The highest BCUT2D eigenvalue weighted by Crippen LogP contribution is 2.32. The van der Waals surface area contributed by atoms with Crippen LogP contribution in [0.25, 0.3) is 0 Å². The Hall–Kier alpha value is -1.47. The number of benzene rings is 1. The Morgan fingerprint density at radius 1 is 1.57 bits per heavy atom. The lowest BCUT2D eigenvalue weighted by Crippen LogP contribution is -2.47. The maximum absolute atomic E-state index is 13.0. The average molecular weight is 333 g/mol. The van der Waals surface area contributed by atoms with Crippen LogP contribution in [0.1, 0.15) is 13.3 Å². The zero-order valence-corrected chi connectivity index (χ0v) is 12.7. The molecule has 1 heterocycles. The molecule has 0 aliphatic carbocycles. The monoisotopic (exact) mass is 332 g/mol. The number of hydrogen-bond acceptors (Lipinski definition) is 3. The lowest BCUT2D eigenvalue weighted by molar-refractivity contribution is -0.141. The summed E-state index contributed by atoms with van der Waals surface area (Å²) in [7, 11) is 0. The van der Waals surface area contributed by atoms with Gasteiger partial charge in [-0.25, -0.2) is 14.0 Å². The number of urea groups is 1. The Morgan fingerprint density at radius 3 is 2.86 bits per heavy atom. The van der Waals surface area contributed by atoms with Gasteiger partial charge in [-0.2, -0.15) is 0 Å². The molecule has 2 rings (SSSR count). The summed E-state index contributed by atoms with van der Waals surface area (Å²) < 4.78 is 13.0. The van der Waals surface area contributed by atoms with Crippen LogP contribution in [0.15, 0.2) is 18.2 Å². The summed E-state index contributed by atoms with van der Waals surface area (Å²) in [5.74, 6) is -1.21. The maximum atomic E-state index is 13.0. The van der Waals surface area contributed by atoms with E-state index in [4.69, 9.17) is 11.6 Å². The second-order valence-electron chi connectivity index (χ2n) is 4.51. The van der Waals surface area contributed by atoms with E-state index in [-0.39, 0.29) is 16.1 Å². The zero-order valence-electron chi connectivity index (χ0n) is 11.2. The molecule has 0 spiro atoms. The van der Waals surface area contributed by atoms with Crippen LogP contribution >= 0.6 is 23.4 Å². The molecule has 2 N–H and O–H groups in total. The highest BCUT2D eigenvalue weighted by atomic mass is 35.5. The van der Waals surface area contributed by atoms with E-state index < -0.39 is 23.9 Å². The molecule has 1 aromatic carbocycles. The molecule has 5 nitrogen and oxygen atoms in total. The lowest BCUT2D eigenvalue weighted by Gasteiger charge is -2.27. The van der Waals surface area contributed by atoms with Crippen LogP contribution in [-0.2, 0) is 4.79 Å². The van der Waals surface area contributed by atoms with Gasteiger partial charge in [0, 0.05) is 5.75 Å². The number of carbonyl (C=O) groups excluding carboxylic acids is 1. The fourth-order valence-corrected chi connectivity index (χ4v) is 3.67. The number of carbonyl (C=O) groups is 2. The van der Waals surface area contributed by atoms with Crippen LogP contribution in [-0.4, -0.2) is 39.2 Å².